The van der Waals surface area contributed by atoms with Crippen LogP contribution in [0.2, 0.25) is 0 Å². The molecule has 0 bridgehead atoms. The van der Waals surface area contributed by atoms with E-state index in [0.29, 0.717) is 36.8 Å². The lowest BCUT2D eigenvalue weighted by molar-refractivity contribution is 0.102. The van der Waals surface area contributed by atoms with Gasteiger partial charge in [-0.05, 0) is 12.1 Å². The number of nitrogens with one attached hydrogen (secondary N) is 3. The Morgan fingerprint density at radius 3 is 3.15 bits per heavy atom. The summed E-state index contributed by atoms with van der Waals surface area (Å²) in [5.41, 5.74) is 3.02. The normalized spacial score (nSPS) is 13.2. The third-order valence-corrected chi connectivity index (χ3v) is 4.32. The van der Waals surface area contributed by atoms with Crippen molar-refractivity contribution in [2.75, 3.05) is 18.5 Å². The van der Waals surface area contributed by atoms with Gasteiger partial charge in [-0.3, -0.25) is 9.89 Å². The Bertz CT molecular complexity index is 887. The molecule has 4 rings (SSSR count). The number of imidazole rings is 1. The predicted octanol–water partition coefficient (Wildman–Crippen LogP) is 1.58. The number of fused-ring (bicyclic) bond motifs is 1. The van der Waals surface area contributed by atoms with Gasteiger partial charge in [0.05, 0.1) is 18.6 Å². The summed E-state index contributed by atoms with van der Waals surface area (Å²) in [6.07, 6.45) is 6.20. The average Bonchev–Trinajstić information content (AvgIpc) is 3.32. The highest BCUT2D eigenvalue weighted by atomic mass is 16.5. The van der Waals surface area contributed by atoms with E-state index >= 15 is 0 Å². The number of carbonyl (C=O) groups is 1. The molecule has 1 aromatic carbocycles. The topological polar surface area (TPSA) is 96.9 Å². The third kappa shape index (κ3) is 3.45. The van der Waals surface area contributed by atoms with Gasteiger partial charge >= 0.3 is 0 Å². The zero-order chi connectivity index (χ0) is 17.8. The molecule has 0 saturated carbocycles. The van der Waals surface area contributed by atoms with Crippen molar-refractivity contribution in [3.8, 4) is 5.75 Å². The molecule has 0 atom stereocenters. The minimum Gasteiger partial charge on any atom is -0.490 e. The first kappa shape index (κ1) is 16.3. The number of nitrogens with zero attached hydrogens (tertiary/aromatic N) is 3. The maximum absolute atomic E-state index is 12.7. The number of hydrogen-bond acceptors (Lipinski definition) is 5. The number of aromatic amines is 1. The second-order valence-electron chi connectivity index (χ2n) is 6.06. The molecule has 8 nitrogen and oxygen atoms in total. The van der Waals surface area contributed by atoms with E-state index in [1.807, 2.05) is 35.0 Å². The van der Waals surface area contributed by atoms with E-state index in [1.54, 1.807) is 12.5 Å². The molecule has 1 aliphatic heterocycles. The van der Waals surface area contributed by atoms with Crippen molar-refractivity contribution >= 4 is 11.6 Å². The number of aromatic nitrogens is 4. The fourth-order valence-electron chi connectivity index (χ4n) is 2.97. The van der Waals surface area contributed by atoms with Crippen LogP contribution in [0.15, 0.2) is 43.0 Å². The number of hydrogen-bond donors (Lipinski definition) is 3. The van der Waals surface area contributed by atoms with Crippen molar-refractivity contribution in [2.45, 2.75) is 19.5 Å². The SMILES string of the molecule is O=C(Nc1ccccc1OCCn1ccnc1)c1n[nH]c2c1CNCC2. The molecule has 3 N–H and O–H groups in total. The fourth-order valence-corrected chi connectivity index (χ4v) is 2.97. The number of H-pyrrole nitrogens is 1. The summed E-state index contributed by atoms with van der Waals surface area (Å²) in [6.45, 7) is 2.70. The van der Waals surface area contributed by atoms with Gasteiger partial charge < -0.3 is 19.9 Å². The molecule has 26 heavy (non-hydrogen) atoms. The summed E-state index contributed by atoms with van der Waals surface area (Å²) in [4.78, 5) is 16.7. The molecule has 0 unspecified atom stereocenters. The molecule has 3 heterocycles. The Morgan fingerprint density at radius 1 is 1.35 bits per heavy atom. The standard InChI is InChI=1S/C18H20N6O2/c25-18(17-13-11-19-6-5-14(13)22-23-17)21-15-3-1-2-4-16(15)26-10-9-24-8-7-20-12-24/h1-4,7-8,12,19H,5-6,9-11H2,(H,21,25)(H,22,23). The zero-order valence-electron chi connectivity index (χ0n) is 14.2. The fraction of sp³-hybridized carbons (Fsp3) is 0.278. The maximum atomic E-state index is 12.7. The Kier molecular flexibility index (Phi) is 4.65. The molecule has 3 aromatic rings. The first-order chi connectivity index (χ1) is 12.8. The number of para-hydroxylation sites is 2. The van der Waals surface area contributed by atoms with Crippen LogP contribution in [-0.4, -0.2) is 38.8 Å². The van der Waals surface area contributed by atoms with E-state index in [0.717, 1.165) is 24.2 Å². The van der Waals surface area contributed by atoms with Crippen molar-refractivity contribution in [1.29, 1.82) is 0 Å². The van der Waals surface area contributed by atoms with Crippen LogP contribution in [0.3, 0.4) is 0 Å². The molecule has 134 valence electrons. The van der Waals surface area contributed by atoms with Crippen molar-refractivity contribution < 1.29 is 9.53 Å². The van der Waals surface area contributed by atoms with Crippen LogP contribution in [0.4, 0.5) is 5.69 Å². The highest BCUT2D eigenvalue weighted by molar-refractivity contribution is 6.04. The lowest BCUT2D eigenvalue weighted by atomic mass is 10.1. The number of rotatable bonds is 6. The van der Waals surface area contributed by atoms with Gasteiger partial charge in [0.25, 0.3) is 5.91 Å². The Hall–Kier alpha value is -3.13. The van der Waals surface area contributed by atoms with E-state index in [9.17, 15) is 4.79 Å². The largest absolute Gasteiger partial charge is 0.490 e. The number of amides is 1. The number of anilines is 1. The smallest absolute Gasteiger partial charge is 0.276 e. The molecule has 2 aromatic heterocycles. The van der Waals surface area contributed by atoms with Gasteiger partial charge in [-0.1, -0.05) is 12.1 Å². The molecular formula is C18H20N6O2. The Morgan fingerprint density at radius 2 is 2.27 bits per heavy atom. The lowest BCUT2D eigenvalue weighted by Gasteiger charge is -2.14. The van der Waals surface area contributed by atoms with Crippen LogP contribution in [0, 0.1) is 0 Å². The average molecular weight is 352 g/mol. The van der Waals surface area contributed by atoms with E-state index in [-0.39, 0.29) is 5.91 Å². The van der Waals surface area contributed by atoms with Gasteiger partial charge in [0.2, 0.25) is 0 Å². The molecule has 0 saturated heterocycles. The second kappa shape index (κ2) is 7.40. The summed E-state index contributed by atoms with van der Waals surface area (Å²) < 4.78 is 7.77. The molecule has 1 aliphatic rings. The van der Waals surface area contributed by atoms with E-state index in [2.05, 4.69) is 25.8 Å². The molecule has 0 spiro atoms. The number of ether oxygens (including phenoxy) is 1. The first-order valence-electron chi connectivity index (χ1n) is 8.57. The molecule has 8 heteroatoms. The summed E-state index contributed by atoms with van der Waals surface area (Å²) in [5, 5.41) is 13.3. The van der Waals surface area contributed by atoms with Gasteiger partial charge in [0.1, 0.15) is 12.4 Å². The van der Waals surface area contributed by atoms with Crippen LogP contribution in [0.5, 0.6) is 5.75 Å². The summed E-state index contributed by atoms with van der Waals surface area (Å²) in [5.74, 6) is 0.389. The highest BCUT2D eigenvalue weighted by Gasteiger charge is 2.22. The van der Waals surface area contributed by atoms with Gasteiger partial charge in [0, 0.05) is 43.2 Å². The number of benzene rings is 1. The van der Waals surface area contributed by atoms with Crippen molar-refractivity contribution in [1.82, 2.24) is 25.1 Å². The first-order valence-corrected chi connectivity index (χ1v) is 8.57. The van der Waals surface area contributed by atoms with Gasteiger partial charge in [-0.15, -0.1) is 0 Å². The minimum absolute atomic E-state index is 0.239. The molecular weight excluding hydrogens is 332 g/mol. The highest BCUT2D eigenvalue weighted by Crippen LogP contribution is 2.25. The van der Waals surface area contributed by atoms with Crippen LogP contribution >= 0.6 is 0 Å². The summed E-state index contributed by atoms with van der Waals surface area (Å²) in [7, 11) is 0. The molecule has 0 aliphatic carbocycles. The van der Waals surface area contributed by atoms with E-state index in [4.69, 9.17) is 4.74 Å². The van der Waals surface area contributed by atoms with E-state index in [1.165, 1.54) is 0 Å². The van der Waals surface area contributed by atoms with E-state index < -0.39 is 0 Å². The number of carbonyl (C=O) groups excluding carboxylic acids is 1. The monoisotopic (exact) mass is 352 g/mol. The molecule has 0 fully saturated rings. The third-order valence-electron chi connectivity index (χ3n) is 4.32. The Balaban J connectivity index is 1.44. The van der Waals surface area contributed by atoms with Crippen LogP contribution < -0.4 is 15.4 Å². The van der Waals surface area contributed by atoms with Gasteiger partial charge in [0.15, 0.2) is 5.69 Å². The zero-order valence-corrected chi connectivity index (χ0v) is 14.2. The van der Waals surface area contributed by atoms with Crippen molar-refractivity contribution in [3.63, 3.8) is 0 Å². The summed E-state index contributed by atoms with van der Waals surface area (Å²) in [6, 6.07) is 7.40. The van der Waals surface area contributed by atoms with Crippen molar-refractivity contribution in [2.24, 2.45) is 0 Å². The summed E-state index contributed by atoms with van der Waals surface area (Å²) >= 11 is 0. The Labute approximate surface area is 150 Å². The van der Waals surface area contributed by atoms with Gasteiger partial charge in [-0.2, -0.15) is 5.10 Å². The maximum Gasteiger partial charge on any atom is 0.276 e. The second-order valence-corrected chi connectivity index (χ2v) is 6.06. The van der Waals surface area contributed by atoms with Gasteiger partial charge in [-0.25, -0.2) is 4.98 Å². The molecule has 0 radical (unpaired) electrons. The van der Waals surface area contributed by atoms with Crippen LogP contribution in [0.25, 0.3) is 0 Å². The lowest BCUT2D eigenvalue weighted by Crippen LogP contribution is -2.25. The minimum atomic E-state index is -0.239. The van der Waals surface area contributed by atoms with Crippen LogP contribution in [0.1, 0.15) is 21.7 Å². The molecule has 1 amide bonds. The van der Waals surface area contributed by atoms with Crippen LogP contribution in [-0.2, 0) is 19.5 Å². The quantitative estimate of drug-likeness (QED) is 0.626. The predicted molar refractivity (Wildman–Crippen MR) is 96.1 cm³/mol. The van der Waals surface area contributed by atoms with Crippen molar-refractivity contribution in [3.05, 3.63) is 59.9 Å².